The summed E-state index contributed by atoms with van der Waals surface area (Å²) in [4.78, 5) is 16.9. The van der Waals surface area contributed by atoms with Gasteiger partial charge in [0.2, 0.25) is 0 Å². The van der Waals surface area contributed by atoms with Gasteiger partial charge < -0.3 is 15.7 Å². The van der Waals surface area contributed by atoms with Crippen LogP contribution in [0.4, 0.5) is 10.6 Å². The molecule has 30 heavy (non-hydrogen) atoms. The van der Waals surface area contributed by atoms with E-state index in [0.717, 1.165) is 52.6 Å². The van der Waals surface area contributed by atoms with Gasteiger partial charge in [-0.25, -0.2) is 14.3 Å². The number of hydrogen-bond donors (Lipinski definition) is 2. The molecular formula is C21H23N7O2. The summed E-state index contributed by atoms with van der Waals surface area (Å²) < 4.78 is 3.79. The average Bonchev–Trinajstić information content (AvgIpc) is 3.35. The van der Waals surface area contributed by atoms with Crippen LogP contribution in [0.2, 0.25) is 0 Å². The van der Waals surface area contributed by atoms with Crippen molar-refractivity contribution in [2.24, 2.45) is 0 Å². The van der Waals surface area contributed by atoms with Crippen molar-refractivity contribution in [2.45, 2.75) is 32.2 Å². The van der Waals surface area contributed by atoms with E-state index >= 15 is 0 Å². The number of nitrogens with two attached hydrogens (primary N) is 1. The SMILES string of the molecule is CCn1cc2ccc(-c3cc(C4CCN(C(=O)O)CC4)n4ncnc(N)c34)cc2n1. The van der Waals surface area contributed by atoms with Crippen LogP contribution < -0.4 is 5.73 Å². The largest absolute Gasteiger partial charge is 0.465 e. The maximum Gasteiger partial charge on any atom is 0.407 e. The lowest BCUT2D eigenvalue weighted by Gasteiger charge is -2.29. The van der Waals surface area contributed by atoms with Crippen molar-refractivity contribution in [3.8, 4) is 11.1 Å². The Kier molecular flexibility index (Phi) is 4.30. The summed E-state index contributed by atoms with van der Waals surface area (Å²) in [5, 5.41) is 19.4. The third kappa shape index (κ3) is 2.94. The number of rotatable bonds is 3. The van der Waals surface area contributed by atoms with Crippen LogP contribution in [-0.4, -0.2) is 53.6 Å². The number of nitrogen functional groups attached to an aromatic ring is 1. The molecule has 1 amide bonds. The molecule has 1 aliphatic rings. The van der Waals surface area contributed by atoms with Crippen molar-refractivity contribution >= 4 is 28.3 Å². The molecule has 9 heteroatoms. The number of nitrogens with zero attached hydrogens (tertiary/aromatic N) is 6. The Bertz CT molecular complexity index is 1250. The first kappa shape index (κ1) is 18.4. The van der Waals surface area contributed by atoms with E-state index in [1.165, 1.54) is 11.2 Å². The second-order valence-corrected chi connectivity index (χ2v) is 7.69. The number of carboxylic acid groups (broad SMARTS) is 1. The monoisotopic (exact) mass is 405 g/mol. The van der Waals surface area contributed by atoms with Crippen LogP contribution in [0.15, 0.2) is 36.8 Å². The van der Waals surface area contributed by atoms with Crippen LogP contribution >= 0.6 is 0 Å². The number of amides is 1. The molecule has 1 fully saturated rings. The molecule has 3 N–H and O–H groups in total. The first-order valence-electron chi connectivity index (χ1n) is 10.1. The number of likely N-dealkylation sites (tertiary alicyclic amines) is 1. The van der Waals surface area contributed by atoms with Gasteiger partial charge in [-0.3, -0.25) is 4.68 Å². The third-order valence-electron chi connectivity index (χ3n) is 5.98. The quantitative estimate of drug-likeness (QED) is 0.541. The van der Waals surface area contributed by atoms with Crippen molar-refractivity contribution in [2.75, 3.05) is 18.8 Å². The average molecular weight is 405 g/mol. The minimum absolute atomic E-state index is 0.208. The van der Waals surface area contributed by atoms with Gasteiger partial charge in [0.05, 0.1) is 5.52 Å². The number of hydrogen-bond acceptors (Lipinski definition) is 5. The second-order valence-electron chi connectivity index (χ2n) is 7.69. The van der Waals surface area contributed by atoms with Gasteiger partial charge in [0.1, 0.15) is 11.8 Å². The van der Waals surface area contributed by atoms with Crippen LogP contribution in [0.1, 0.15) is 31.4 Å². The Morgan fingerprint density at radius 2 is 2.07 bits per heavy atom. The van der Waals surface area contributed by atoms with E-state index in [1.54, 1.807) is 0 Å². The molecule has 1 aromatic carbocycles. The van der Waals surface area contributed by atoms with Crippen molar-refractivity contribution < 1.29 is 9.90 Å². The van der Waals surface area contributed by atoms with Gasteiger partial charge in [0, 0.05) is 48.4 Å². The minimum atomic E-state index is -0.861. The first-order chi connectivity index (χ1) is 14.5. The molecule has 0 saturated carbocycles. The number of piperidine rings is 1. The van der Waals surface area contributed by atoms with Crippen molar-refractivity contribution in [1.29, 1.82) is 0 Å². The summed E-state index contributed by atoms with van der Waals surface area (Å²) in [6.45, 7) is 3.92. The number of benzene rings is 1. The third-order valence-corrected chi connectivity index (χ3v) is 5.98. The number of anilines is 1. The molecule has 154 valence electrons. The van der Waals surface area contributed by atoms with Crippen LogP contribution in [0.5, 0.6) is 0 Å². The zero-order chi connectivity index (χ0) is 20.8. The molecule has 5 rings (SSSR count). The summed E-state index contributed by atoms with van der Waals surface area (Å²) in [7, 11) is 0. The Labute approximate surface area is 172 Å². The molecule has 0 atom stereocenters. The predicted molar refractivity (Wildman–Crippen MR) is 113 cm³/mol. The van der Waals surface area contributed by atoms with Gasteiger partial charge >= 0.3 is 6.09 Å². The van der Waals surface area contributed by atoms with E-state index in [9.17, 15) is 9.90 Å². The maximum absolute atomic E-state index is 11.3. The Balaban J connectivity index is 1.60. The van der Waals surface area contributed by atoms with Crippen molar-refractivity contribution in [3.63, 3.8) is 0 Å². The van der Waals surface area contributed by atoms with Crippen molar-refractivity contribution in [3.05, 3.63) is 42.5 Å². The summed E-state index contributed by atoms with van der Waals surface area (Å²) in [6.07, 6.45) is 4.15. The molecule has 0 bridgehead atoms. The highest BCUT2D eigenvalue weighted by atomic mass is 16.4. The predicted octanol–water partition coefficient (Wildman–Crippen LogP) is 3.21. The summed E-state index contributed by atoms with van der Waals surface area (Å²) in [6, 6.07) is 8.33. The zero-order valence-corrected chi connectivity index (χ0v) is 16.7. The summed E-state index contributed by atoms with van der Waals surface area (Å²) in [5.74, 6) is 0.632. The Hall–Kier alpha value is -3.62. The fraction of sp³-hybridized carbons (Fsp3) is 0.333. The lowest BCUT2D eigenvalue weighted by molar-refractivity contribution is 0.131. The molecule has 1 saturated heterocycles. The van der Waals surface area contributed by atoms with Gasteiger partial charge in [-0.05, 0) is 37.5 Å². The van der Waals surface area contributed by atoms with Crippen LogP contribution in [0.25, 0.3) is 27.5 Å². The molecular weight excluding hydrogens is 382 g/mol. The molecule has 3 aromatic heterocycles. The van der Waals surface area contributed by atoms with Gasteiger partial charge in [-0.15, -0.1) is 0 Å². The smallest absolute Gasteiger partial charge is 0.407 e. The first-order valence-corrected chi connectivity index (χ1v) is 10.1. The number of aromatic nitrogens is 5. The van der Waals surface area contributed by atoms with Crippen LogP contribution in [-0.2, 0) is 6.54 Å². The molecule has 0 aliphatic carbocycles. The molecule has 9 nitrogen and oxygen atoms in total. The summed E-state index contributed by atoms with van der Waals surface area (Å²) in [5.41, 5.74) is 11.0. The van der Waals surface area contributed by atoms with Crippen LogP contribution in [0.3, 0.4) is 0 Å². The Morgan fingerprint density at radius 3 is 2.80 bits per heavy atom. The number of aryl methyl sites for hydroxylation is 1. The number of carbonyl (C=O) groups is 1. The van der Waals surface area contributed by atoms with Crippen LogP contribution in [0, 0.1) is 0 Å². The highest BCUT2D eigenvalue weighted by Crippen LogP contribution is 2.37. The molecule has 4 heterocycles. The lowest BCUT2D eigenvalue weighted by Crippen LogP contribution is -2.37. The minimum Gasteiger partial charge on any atom is -0.465 e. The molecule has 4 aromatic rings. The topological polar surface area (TPSA) is 115 Å². The highest BCUT2D eigenvalue weighted by molar-refractivity contribution is 5.92. The number of fused-ring (bicyclic) bond motifs is 2. The van der Waals surface area contributed by atoms with E-state index < -0.39 is 6.09 Å². The van der Waals surface area contributed by atoms with Gasteiger partial charge in [0.15, 0.2) is 5.82 Å². The van der Waals surface area contributed by atoms with Gasteiger partial charge in [-0.1, -0.05) is 12.1 Å². The molecule has 1 aliphatic heterocycles. The molecule has 0 unspecified atom stereocenters. The van der Waals surface area contributed by atoms with E-state index in [4.69, 9.17) is 5.73 Å². The second kappa shape index (κ2) is 7.01. The lowest BCUT2D eigenvalue weighted by atomic mass is 9.93. The standard InChI is InChI=1S/C21H23N7O2/c1-2-27-11-15-4-3-14(9-17(15)25-27)16-10-18(28-19(16)20(22)23-12-24-28)13-5-7-26(8-6-13)21(29)30/h3-4,9-13H,2,5-8H2,1H3,(H,29,30)(H2,22,23,24). The maximum atomic E-state index is 11.3. The van der Waals surface area contributed by atoms with Gasteiger partial charge in [-0.2, -0.15) is 10.2 Å². The fourth-order valence-electron chi connectivity index (χ4n) is 4.37. The highest BCUT2D eigenvalue weighted by Gasteiger charge is 2.27. The van der Waals surface area contributed by atoms with E-state index in [2.05, 4.69) is 46.4 Å². The fourth-order valence-corrected chi connectivity index (χ4v) is 4.37. The normalized spacial score (nSPS) is 15.3. The van der Waals surface area contributed by atoms with E-state index in [1.807, 2.05) is 15.4 Å². The molecule has 0 radical (unpaired) electrons. The van der Waals surface area contributed by atoms with Crippen molar-refractivity contribution in [1.82, 2.24) is 29.3 Å². The summed E-state index contributed by atoms with van der Waals surface area (Å²) >= 11 is 0. The van der Waals surface area contributed by atoms with E-state index in [0.29, 0.717) is 18.9 Å². The van der Waals surface area contributed by atoms with E-state index in [-0.39, 0.29) is 5.92 Å². The van der Waals surface area contributed by atoms with Gasteiger partial charge in [0.25, 0.3) is 0 Å². The zero-order valence-electron chi connectivity index (χ0n) is 16.7. The molecule has 0 spiro atoms. The Morgan fingerprint density at radius 1 is 1.27 bits per heavy atom.